The van der Waals surface area contributed by atoms with Crippen molar-refractivity contribution in [2.45, 2.75) is 32.2 Å². The molecule has 19 heavy (non-hydrogen) atoms. The van der Waals surface area contributed by atoms with Crippen molar-refractivity contribution in [3.05, 3.63) is 35.7 Å². The minimum absolute atomic E-state index is 0.328. The van der Waals surface area contributed by atoms with Gasteiger partial charge in [0.25, 0.3) is 0 Å². The van der Waals surface area contributed by atoms with Crippen LogP contribution in [0.2, 0.25) is 0 Å². The van der Waals surface area contributed by atoms with Crippen molar-refractivity contribution in [1.82, 2.24) is 20.3 Å². The van der Waals surface area contributed by atoms with Crippen LogP contribution in [-0.4, -0.2) is 27.5 Å². The molecule has 0 bridgehead atoms. The maximum absolute atomic E-state index is 12.9. The summed E-state index contributed by atoms with van der Waals surface area (Å²) in [5.74, 6) is 0.623. The first kappa shape index (κ1) is 12.3. The third kappa shape index (κ3) is 2.98. The standard InChI is InChI=1S/C14H17FN4/c1-9-14(12-5-2-10(15)8-17-12)19-13(18-9)6-7-16-11-3-4-11/h2,5,8,11,16H,3-4,6-7H2,1H3,(H,18,19). The molecule has 100 valence electrons. The van der Waals surface area contributed by atoms with Gasteiger partial charge in [-0.05, 0) is 31.9 Å². The van der Waals surface area contributed by atoms with Gasteiger partial charge < -0.3 is 10.3 Å². The van der Waals surface area contributed by atoms with Gasteiger partial charge in [0.05, 0.1) is 11.9 Å². The predicted molar refractivity (Wildman–Crippen MR) is 71.2 cm³/mol. The second kappa shape index (κ2) is 5.09. The van der Waals surface area contributed by atoms with Crippen molar-refractivity contribution >= 4 is 0 Å². The van der Waals surface area contributed by atoms with Crippen molar-refractivity contribution in [2.24, 2.45) is 0 Å². The summed E-state index contributed by atoms with van der Waals surface area (Å²) in [7, 11) is 0. The number of halogens is 1. The zero-order valence-corrected chi connectivity index (χ0v) is 10.9. The molecule has 4 nitrogen and oxygen atoms in total. The number of H-pyrrole nitrogens is 1. The first-order valence-electron chi connectivity index (χ1n) is 6.63. The molecule has 0 saturated heterocycles. The van der Waals surface area contributed by atoms with Gasteiger partial charge in [-0.2, -0.15) is 0 Å². The Morgan fingerprint density at radius 3 is 2.95 bits per heavy atom. The van der Waals surface area contributed by atoms with Crippen molar-refractivity contribution in [3.63, 3.8) is 0 Å². The Morgan fingerprint density at radius 2 is 2.26 bits per heavy atom. The summed E-state index contributed by atoms with van der Waals surface area (Å²) in [6.45, 7) is 2.90. The SMILES string of the molecule is Cc1[nH]c(CCNC2CC2)nc1-c1ccc(F)cn1. The Morgan fingerprint density at radius 1 is 1.42 bits per heavy atom. The molecule has 0 aromatic carbocycles. The van der Waals surface area contributed by atoms with Crippen LogP contribution in [0.15, 0.2) is 18.3 Å². The summed E-state index contributed by atoms with van der Waals surface area (Å²) in [5, 5.41) is 3.46. The Hall–Kier alpha value is -1.75. The van der Waals surface area contributed by atoms with Crippen LogP contribution < -0.4 is 5.32 Å². The average molecular weight is 260 g/mol. The maximum Gasteiger partial charge on any atom is 0.141 e. The number of aryl methyl sites for hydroxylation is 1. The minimum Gasteiger partial charge on any atom is -0.345 e. The normalized spacial score (nSPS) is 14.8. The number of aromatic amines is 1. The molecule has 1 aliphatic carbocycles. The van der Waals surface area contributed by atoms with Gasteiger partial charge in [0.2, 0.25) is 0 Å². The Bertz CT molecular complexity index is 557. The lowest BCUT2D eigenvalue weighted by Gasteiger charge is -1.99. The molecule has 0 aliphatic heterocycles. The topological polar surface area (TPSA) is 53.6 Å². The third-order valence-electron chi connectivity index (χ3n) is 3.28. The molecule has 2 aromatic rings. The molecule has 2 heterocycles. The summed E-state index contributed by atoms with van der Waals surface area (Å²) in [6.07, 6.45) is 4.68. The Kier molecular flexibility index (Phi) is 3.29. The number of rotatable bonds is 5. The molecule has 0 spiro atoms. The average Bonchev–Trinajstić information content (AvgIpc) is 3.14. The monoisotopic (exact) mass is 260 g/mol. The molecule has 1 saturated carbocycles. The summed E-state index contributed by atoms with van der Waals surface area (Å²) in [4.78, 5) is 11.9. The van der Waals surface area contributed by atoms with Gasteiger partial charge in [-0.15, -0.1) is 0 Å². The van der Waals surface area contributed by atoms with Gasteiger partial charge in [0, 0.05) is 24.7 Å². The highest BCUT2D eigenvalue weighted by molar-refractivity contribution is 5.56. The number of nitrogens with zero attached hydrogens (tertiary/aromatic N) is 2. The summed E-state index contributed by atoms with van der Waals surface area (Å²) in [5.41, 5.74) is 2.48. The summed E-state index contributed by atoms with van der Waals surface area (Å²) in [6, 6.07) is 3.78. The zero-order valence-electron chi connectivity index (χ0n) is 10.9. The maximum atomic E-state index is 12.9. The number of hydrogen-bond acceptors (Lipinski definition) is 3. The molecule has 1 aliphatic rings. The van der Waals surface area contributed by atoms with E-state index in [2.05, 4.69) is 20.3 Å². The van der Waals surface area contributed by atoms with E-state index in [9.17, 15) is 4.39 Å². The highest BCUT2D eigenvalue weighted by atomic mass is 19.1. The molecular formula is C14H17FN4. The van der Waals surface area contributed by atoms with Crippen molar-refractivity contribution in [2.75, 3.05) is 6.54 Å². The van der Waals surface area contributed by atoms with Crippen molar-refractivity contribution < 1.29 is 4.39 Å². The second-order valence-corrected chi connectivity index (χ2v) is 5.00. The minimum atomic E-state index is -0.328. The predicted octanol–water partition coefficient (Wildman–Crippen LogP) is 2.21. The molecule has 0 atom stereocenters. The van der Waals surface area contributed by atoms with E-state index in [0.717, 1.165) is 30.2 Å². The fourth-order valence-electron chi connectivity index (χ4n) is 2.09. The highest BCUT2D eigenvalue weighted by Crippen LogP contribution is 2.20. The fraction of sp³-hybridized carbons (Fsp3) is 0.429. The largest absolute Gasteiger partial charge is 0.345 e. The Labute approximate surface area is 111 Å². The lowest BCUT2D eigenvalue weighted by Crippen LogP contribution is -2.19. The van der Waals surface area contributed by atoms with Gasteiger partial charge >= 0.3 is 0 Å². The quantitative estimate of drug-likeness (QED) is 0.866. The van der Waals surface area contributed by atoms with Crippen LogP contribution in [0.3, 0.4) is 0 Å². The summed E-state index contributed by atoms with van der Waals surface area (Å²) >= 11 is 0. The molecule has 5 heteroatoms. The fourth-order valence-corrected chi connectivity index (χ4v) is 2.09. The van der Waals surface area contributed by atoms with E-state index in [1.807, 2.05) is 6.92 Å². The lowest BCUT2D eigenvalue weighted by molar-refractivity contribution is 0.622. The molecule has 1 fully saturated rings. The first-order valence-corrected chi connectivity index (χ1v) is 6.63. The summed E-state index contributed by atoms with van der Waals surface area (Å²) < 4.78 is 12.9. The zero-order chi connectivity index (χ0) is 13.2. The number of hydrogen-bond donors (Lipinski definition) is 2. The molecule has 2 N–H and O–H groups in total. The van der Waals surface area contributed by atoms with E-state index < -0.39 is 0 Å². The van der Waals surface area contributed by atoms with Crippen molar-refractivity contribution in [1.29, 1.82) is 0 Å². The Balaban J connectivity index is 1.70. The lowest BCUT2D eigenvalue weighted by atomic mass is 10.2. The van der Waals surface area contributed by atoms with Gasteiger partial charge in [0.15, 0.2) is 0 Å². The number of aromatic nitrogens is 3. The van der Waals surface area contributed by atoms with E-state index in [1.54, 1.807) is 6.07 Å². The molecule has 0 amide bonds. The van der Waals surface area contributed by atoms with Crippen LogP contribution in [0.1, 0.15) is 24.4 Å². The number of nitrogens with one attached hydrogen (secondary N) is 2. The third-order valence-corrected chi connectivity index (χ3v) is 3.28. The van der Waals surface area contributed by atoms with E-state index in [0.29, 0.717) is 11.7 Å². The number of imidazole rings is 1. The van der Waals surface area contributed by atoms with Crippen LogP contribution in [0.4, 0.5) is 4.39 Å². The van der Waals surface area contributed by atoms with Gasteiger partial charge in [0.1, 0.15) is 17.3 Å². The number of pyridine rings is 1. The van der Waals surface area contributed by atoms with E-state index >= 15 is 0 Å². The molecule has 0 unspecified atom stereocenters. The highest BCUT2D eigenvalue weighted by Gasteiger charge is 2.20. The van der Waals surface area contributed by atoms with E-state index in [-0.39, 0.29) is 5.82 Å². The van der Waals surface area contributed by atoms with Crippen LogP contribution >= 0.6 is 0 Å². The second-order valence-electron chi connectivity index (χ2n) is 5.00. The first-order chi connectivity index (χ1) is 9.22. The van der Waals surface area contributed by atoms with Crippen molar-refractivity contribution in [3.8, 4) is 11.4 Å². The van der Waals surface area contributed by atoms with E-state index in [1.165, 1.54) is 25.1 Å². The molecule has 2 aromatic heterocycles. The van der Waals surface area contributed by atoms with Crippen LogP contribution in [0.5, 0.6) is 0 Å². The van der Waals surface area contributed by atoms with E-state index in [4.69, 9.17) is 0 Å². The molecular weight excluding hydrogens is 243 g/mol. The van der Waals surface area contributed by atoms with Gasteiger partial charge in [-0.3, -0.25) is 4.98 Å². The smallest absolute Gasteiger partial charge is 0.141 e. The van der Waals surface area contributed by atoms with Crippen LogP contribution in [0.25, 0.3) is 11.4 Å². The molecule has 0 radical (unpaired) electrons. The van der Waals surface area contributed by atoms with Gasteiger partial charge in [-0.1, -0.05) is 0 Å². The van der Waals surface area contributed by atoms with Gasteiger partial charge in [-0.25, -0.2) is 9.37 Å². The van der Waals surface area contributed by atoms with Crippen LogP contribution in [-0.2, 0) is 6.42 Å². The van der Waals surface area contributed by atoms with Crippen LogP contribution in [0, 0.1) is 12.7 Å². The molecule has 3 rings (SSSR count).